The Hall–Kier alpha value is -2.22. The Bertz CT molecular complexity index is 1690. The summed E-state index contributed by atoms with van der Waals surface area (Å²) in [6.07, 6.45) is 0. The molecule has 43 heavy (non-hydrogen) atoms. The predicted molar refractivity (Wildman–Crippen MR) is 196 cm³/mol. The van der Waals surface area contributed by atoms with Crippen molar-refractivity contribution in [2.45, 2.75) is 47.5 Å². The van der Waals surface area contributed by atoms with Gasteiger partial charge >= 0.3 is 30.2 Å². The van der Waals surface area contributed by atoms with E-state index in [1.165, 1.54) is 95.0 Å². The summed E-state index contributed by atoms with van der Waals surface area (Å²) in [4.78, 5) is 0. The van der Waals surface area contributed by atoms with E-state index in [-0.39, 0.29) is 39.7 Å². The predicted octanol–water partition coefficient (Wildman–Crippen LogP) is 12.2. The van der Waals surface area contributed by atoms with E-state index < -0.39 is 0 Å². The molecule has 0 saturated heterocycles. The van der Waals surface area contributed by atoms with Crippen molar-refractivity contribution in [3.63, 3.8) is 0 Å². The van der Waals surface area contributed by atoms with E-state index in [0.717, 1.165) is 0 Å². The van der Waals surface area contributed by atoms with E-state index in [9.17, 15) is 0 Å². The Balaban J connectivity index is 0.000000719. The summed E-state index contributed by atoms with van der Waals surface area (Å²) in [5, 5.41) is 5.48. The molecule has 0 amide bonds. The second-order valence-electron chi connectivity index (χ2n) is 10.8. The molecule has 0 fully saturated rings. The molecule has 2 radical (unpaired) electrons. The molecule has 0 nitrogen and oxygen atoms in total. The van der Waals surface area contributed by atoms with Gasteiger partial charge in [0.05, 0.1) is 0 Å². The summed E-state index contributed by atoms with van der Waals surface area (Å²) >= 11 is 1.36. The Morgan fingerprint density at radius 2 is 1.21 bits per heavy atom. The minimum absolute atomic E-state index is 0. The van der Waals surface area contributed by atoms with E-state index in [1.54, 1.807) is 0 Å². The molecule has 0 bridgehead atoms. The first-order chi connectivity index (χ1) is 18.8. The van der Waals surface area contributed by atoms with Crippen molar-refractivity contribution in [1.82, 2.24) is 0 Å². The Labute approximate surface area is 290 Å². The van der Waals surface area contributed by atoms with Crippen LogP contribution >= 0.6 is 24.8 Å². The fourth-order valence-electron chi connectivity index (χ4n) is 5.43. The van der Waals surface area contributed by atoms with Crippen LogP contribution in [0, 0.1) is 42.5 Å². The van der Waals surface area contributed by atoms with Crippen LogP contribution in [0.1, 0.15) is 47.6 Å². The van der Waals surface area contributed by atoms with Crippen molar-refractivity contribution in [3.8, 4) is 22.3 Å². The number of aryl methyl sites for hydroxylation is 4. The van der Waals surface area contributed by atoms with Crippen molar-refractivity contribution in [2.24, 2.45) is 0 Å². The van der Waals surface area contributed by atoms with Crippen LogP contribution in [-0.2, 0) is 23.3 Å². The quantitative estimate of drug-likeness (QED) is 0.127. The van der Waals surface area contributed by atoms with Gasteiger partial charge in [0.25, 0.3) is 0 Å². The molecule has 0 saturated carbocycles. The molecule has 0 unspecified atom stereocenters. The minimum atomic E-state index is 0. The monoisotopic (exact) mass is 700 g/mol. The van der Waals surface area contributed by atoms with E-state index >= 15 is 0 Å². The van der Waals surface area contributed by atoms with Gasteiger partial charge in [-0.1, -0.05) is 111 Å². The number of fused-ring (bicyclic) bond motifs is 2. The Morgan fingerprint density at radius 3 is 1.81 bits per heavy atom. The molecule has 0 aromatic heterocycles. The summed E-state index contributed by atoms with van der Waals surface area (Å²) < 4.78 is 0. The molecular formula is C39H44Cl2SiZr-4. The standard InChI is InChI=1S/C20H21.C17H15.2CH3.2ClH.Si.Zr/c1-13(2)17-11-16-6-5-7-19(20(16)12-17)18-9-14(3)8-15(4)10-18;1-12-10-16-13(2)8-9-15(17(16)11-12)14-6-4-3-5-7-14;;;;;;/h5-13H,1-4H3;3-11H,1-2H3;2*1H3;2*1H;;/q4*-1;;;;. The molecule has 0 atom stereocenters. The summed E-state index contributed by atoms with van der Waals surface area (Å²) in [6, 6.07) is 37.7. The zero-order valence-electron chi connectivity index (χ0n) is 26.7. The molecule has 0 spiro atoms. The van der Waals surface area contributed by atoms with E-state index in [2.05, 4.69) is 152 Å². The van der Waals surface area contributed by atoms with Gasteiger partial charge in [0.2, 0.25) is 0 Å². The number of hydrogen-bond acceptors (Lipinski definition) is 0. The first-order valence-corrected chi connectivity index (χ1v) is 17.7. The number of hydrogen-bond donors (Lipinski definition) is 0. The van der Waals surface area contributed by atoms with Crippen LogP contribution in [0.15, 0.2) is 103 Å². The Kier molecular flexibility index (Phi) is 17.6. The van der Waals surface area contributed by atoms with Crippen molar-refractivity contribution in [3.05, 3.63) is 146 Å². The van der Waals surface area contributed by atoms with Crippen molar-refractivity contribution >= 4 is 53.2 Å². The molecule has 6 aromatic carbocycles. The van der Waals surface area contributed by atoms with Crippen LogP contribution in [0.5, 0.6) is 0 Å². The van der Waals surface area contributed by atoms with Crippen LogP contribution in [0.25, 0.3) is 43.8 Å². The SMILES string of the molecule is Cc1cc(C)cc(-c2cccc3[cH-]c(C(C)C)cc23)c1.Cc1cc2c(-c3ccccc3)ccc(C)c2[cH-]1.Cl.Cl.[CH3-].[CH3-].[Si]=[Zr]. The van der Waals surface area contributed by atoms with Crippen LogP contribution in [0.2, 0.25) is 0 Å². The van der Waals surface area contributed by atoms with Crippen molar-refractivity contribution in [1.29, 1.82) is 0 Å². The van der Waals surface area contributed by atoms with E-state index in [1.807, 2.05) is 0 Å². The fourth-order valence-corrected chi connectivity index (χ4v) is 5.43. The molecule has 4 heteroatoms. The number of rotatable bonds is 3. The van der Waals surface area contributed by atoms with Gasteiger partial charge in [-0.15, -0.1) is 93.4 Å². The molecule has 0 aliphatic carbocycles. The zero-order chi connectivity index (χ0) is 28.1. The summed E-state index contributed by atoms with van der Waals surface area (Å²) in [7, 11) is 0. The first kappa shape index (κ1) is 40.8. The number of halogens is 2. The maximum absolute atomic E-state index is 3.06. The van der Waals surface area contributed by atoms with E-state index in [4.69, 9.17) is 0 Å². The average Bonchev–Trinajstić information content (AvgIpc) is 3.55. The third-order valence-electron chi connectivity index (χ3n) is 7.31. The van der Waals surface area contributed by atoms with Gasteiger partial charge in [-0.2, -0.15) is 12.1 Å². The molecule has 0 aliphatic rings. The van der Waals surface area contributed by atoms with Crippen molar-refractivity contribution in [2.75, 3.05) is 0 Å². The van der Waals surface area contributed by atoms with Gasteiger partial charge < -0.3 is 14.9 Å². The first-order valence-electron chi connectivity index (χ1n) is 13.6. The van der Waals surface area contributed by atoms with Gasteiger partial charge in [0.1, 0.15) is 0 Å². The normalized spacial score (nSPS) is 9.72. The van der Waals surface area contributed by atoms with Gasteiger partial charge in [-0.05, 0) is 30.9 Å². The molecule has 0 heterocycles. The maximum atomic E-state index is 3.06. The summed E-state index contributed by atoms with van der Waals surface area (Å²) in [5.74, 6) is 0.578. The van der Waals surface area contributed by atoms with E-state index in [0.29, 0.717) is 5.92 Å². The average molecular weight is 703 g/mol. The third-order valence-corrected chi connectivity index (χ3v) is 7.31. The van der Waals surface area contributed by atoms with Crippen LogP contribution < -0.4 is 0 Å². The van der Waals surface area contributed by atoms with Gasteiger partial charge in [0, 0.05) is 0 Å². The molecule has 6 aromatic rings. The fraction of sp³-hybridized carbons (Fsp3) is 0.179. The van der Waals surface area contributed by atoms with Gasteiger partial charge in [-0.3, -0.25) is 0 Å². The molecule has 0 N–H and O–H groups in total. The third kappa shape index (κ3) is 9.63. The van der Waals surface area contributed by atoms with Crippen LogP contribution in [-0.4, -0.2) is 6.88 Å². The van der Waals surface area contributed by atoms with Crippen molar-refractivity contribution < 1.29 is 23.3 Å². The van der Waals surface area contributed by atoms with Gasteiger partial charge in [-0.25, -0.2) is 0 Å². The second kappa shape index (κ2) is 18.6. The molecular weight excluding hydrogens is 659 g/mol. The number of benzene rings is 4. The topological polar surface area (TPSA) is 0 Å². The van der Waals surface area contributed by atoms with Crippen LogP contribution in [0.3, 0.4) is 0 Å². The summed E-state index contributed by atoms with van der Waals surface area (Å²) in [6.45, 7) is 16.2. The summed E-state index contributed by atoms with van der Waals surface area (Å²) in [5.41, 5.74) is 12.1. The second-order valence-corrected chi connectivity index (χ2v) is 10.8. The Morgan fingerprint density at radius 1 is 0.605 bits per heavy atom. The van der Waals surface area contributed by atoms with Crippen LogP contribution in [0.4, 0.5) is 0 Å². The van der Waals surface area contributed by atoms with Gasteiger partial charge in [0.15, 0.2) is 0 Å². The zero-order valence-corrected chi connectivity index (χ0v) is 31.8. The molecule has 0 aliphatic heterocycles. The molecule has 226 valence electrons. The molecule has 6 rings (SSSR count).